The van der Waals surface area contributed by atoms with Crippen molar-refractivity contribution >= 4 is 5.57 Å². The van der Waals surface area contributed by atoms with Crippen LogP contribution in [0.4, 0.5) is 0 Å². The molecule has 0 bridgehead atoms. The molecule has 0 fully saturated rings. The number of rotatable bonds is 5. The number of hydrogen-bond donors (Lipinski definition) is 0. The third-order valence-electron chi connectivity index (χ3n) is 4.12. The second-order valence-corrected chi connectivity index (χ2v) is 6.10. The summed E-state index contributed by atoms with van der Waals surface area (Å²) in [5.41, 5.74) is 7.78. The largest absolute Gasteiger partial charge is 0.0955 e. The van der Waals surface area contributed by atoms with Crippen molar-refractivity contribution in [2.75, 3.05) is 0 Å². The average molecular weight is 298 g/mol. The Morgan fingerprint density at radius 1 is 0.696 bits per heavy atom. The summed E-state index contributed by atoms with van der Waals surface area (Å²) in [7, 11) is 0. The van der Waals surface area contributed by atoms with Crippen LogP contribution in [0.1, 0.15) is 34.7 Å². The molecule has 0 heteroatoms. The lowest BCUT2D eigenvalue weighted by atomic mass is 9.92. The van der Waals surface area contributed by atoms with E-state index in [4.69, 9.17) is 0 Å². The van der Waals surface area contributed by atoms with E-state index in [-0.39, 0.29) is 0 Å². The van der Waals surface area contributed by atoms with E-state index in [1.165, 1.54) is 27.8 Å². The quantitative estimate of drug-likeness (QED) is 0.550. The molecule has 0 unspecified atom stereocenters. The van der Waals surface area contributed by atoms with Gasteiger partial charge >= 0.3 is 0 Å². The Hall–Kier alpha value is -2.60. The van der Waals surface area contributed by atoms with Crippen LogP contribution in [-0.2, 0) is 12.8 Å². The summed E-state index contributed by atoms with van der Waals surface area (Å²) in [6.45, 7) is 6.27. The van der Waals surface area contributed by atoms with Crippen LogP contribution >= 0.6 is 0 Å². The Kier molecular flexibility index (Phi) is 4.73. The van der Waals surface area contributed by atoms with Crippen molar-refractivity contribution in [3.8, 4) is 0 Å². The van der Waals surface area contributed by atoms with E-state index in [1.807, 2.05) is 0 Å². The van der Waals surface area contributed by atoms with Crippen molar-refractivity contribution in [2.45, 2.75) is 19.8 Å². The minimum Gasteiger partial charge on any atom is -0.0955 e. The fraction of sp³-hybridized carbons (Fsp3) is 0.130. The molecule has 0 spiro atoms. The Morgan fingerprint density at radius 2 is 1.26 bits per heavy atom. The molecule has 0 saturated carbocycles. The van der Waals surface area contributed by atoms with Gasteiger partial charge in [0, 0.05) is 0 Å². The fourth-order valence-electron chi connectivity index (χ4n) is 2.93. The fourth-order valence-corrected chi connectivity index (χ4v) is 2.93. The molecule has 0 amide bonds. The molecule has 0 aromatic heterocycles. The van der Waals surface area contributed by atoms with Gasteiger partial charge in [-0.1, -0.05) is 91.0 Å². The predicted octanol–water partition coefficient (Wildman–Crippen LogP) is 5.90. The van der Waals surface area contributed by atoms with Gasteiger partial charge in [-0.15, -0.1) is 0 Å². The van der Waals surface area contributed by atoms with Gasteiger partial charge < -0.3 is 0 Å². The Labute approximate surface area is 139 Å². The van der Waals surface area contributed by atoms with Gasteiger partial charge in [-0.25, -0.2) is 0 Å². The molecule has 0 aliphatic rings. The standard InChI is InChI=1S/C23H22/c1-18(2)23-17-21(15-19-9-5-3-6-10-19)13-14-22(23)16-20-11-7-4-8-12-20/h3-14,17H,1,15-16H2,2H3. The zero-order valence-electron chi connectivity index (χ0n) is 13.6. The normalized spacial score (nSPS) is 10.5. The Morgan fingerprint density at radius 3 is 1.83 bits per heavy atom. The summed E-state index contributed by atoms with van der Waals surface area (Å²) >= 11 is 0. The highest BCUT2D eigenvalue weighted by molar-refractivity contribution is 5.66. The molecule has 0 radical (unpaired) electrons. The first-order valence-electron chi connectivity index (χ1n) is 8.08. The third kappa shape index (κ3) is 3.98. The smallest absolute Gasteiger partial charge is 0.00197 e. The van der Waals surface area contributed by atoms with Crippen LogP contribution in [0.15, 0.2) is 85.4 Å². The van der Waals surface area contributed by atoms with Crippen LogP contribution in [0, 0.1) is 0 Å². The van der Waals surface area contributed by atoms with Gasteiger partial charge in [-0.3, -0.25) is 0 Å². The molecule has 0 N–H and O–H groups in total. The van der Waals surface area contributed by atoms with Crippen LogP contribution in [0.5, 0.6) is 0 Å². The summed E-state index contributed by atoms with van der Waals surface area (Å²) < 4.78 is 0. The van der Waals surface area contributed by atoms with Gasteiger partial charge in [0.1, 0.15) is 0 Å². The van der Waals surface area contributed by atoms with Crippen molar-refractivity contribution in [3.63, 3.8) is 0 Å². The minimum absolute atomic E-state index is 0.953. The minimum atomic E-state index is 0.953. The number of benzene rings is 3. The Balaban J connectivity index is 1.88. The van der Waals surface area contributed by atoms with Crippen molar-refractivity contribution < 1.29 is 0 Å². The molecule has 3 aromatic rings. The summed E-state index contributed by atoms with van der Waals surface area (Å²) in [6.07, 6.45) is 1.92. The molecule has 0 saturated heterocycles. The molecule has 0 nitrogen and oxygen atoms in total. The summed E-state index contributed by atoms with van der Waals surface area (Å²) in [5, 5.41) is 0. The van der Waals surface area contributed by atoms with Gasteiger partial charge in [0.2, 0.25) is 0 Å². The highest BCUT2D eigenvalue weighted by Gasteiger charge is 2.07. The van der Waals surface area contributed by atoms with E-state index in [2.05, 4.69) is 92.4 Å². The molecule has 3 rings (SSSR count). The van der Waals surface area contributed by atoms with Gasteiger partial charge in [0.15, 0.2) is 0 Å². The molecule has 0 aliphatic heterocycles. The second-order valence-electron chi connectivity index (χ2n) is 6.10. The van der Waals surface area contributed by atoms with Crippen LogP contribution in [0.2, 0.25) is 0 Å². The van der Waals surface area contributed by atoms with Crippen LogP contribution in [0.3, 0.4) is 0 Å². The first-order chi connectivity index (χ1) is 11.2. The topological polar surface area (TPSA) is 0 Å². The van der Waals surface area contributed by atoms with Crippen LogP contribution in [-0.4, -0.2) is 0 Å². The average Bonchev–Trinajstić information content (AvgIpc) is 2.58. The lowest BCUT2D eigenvalue weighted by Gasteiger charge is -2.12. The van der Waals surface area contributed by atoms with Crippen molar-refractivity contribution in [1.82, 2.24) is 0 Å². The van der Waals surface area contributed by atoms with E-state index in [0.717, 1.165) is 18.4 Å². The second kappa shape index (κ2) is 7.11. The zero-order valence-corrected chi connectivity index (χ0v) is 13.6. The highest BCUT2D eigenvalue weighted by Crippen LogP contribution is 2.23. The van der Waals surface area contributed by atoms with Gasteiger partial charge in [-0.2, -0.15) is 0 Å². The molecule has 114 valence electrons. The van der Waals surface area contributed by atoms with Gasteiger partial charge in [-0.05, 0) is 47.6 Å². The van der Waals surface area contributed by atoms with E-state index < -0.39 is 0 Å². The van der Waals surface area contributed by atoms with Crippen molar-refractivity contribution in [3.05, 3.63) is 113 Å². The first kappa shape index (κ1) is 15.3. The van der Waals surface area contributed by atoms with E-state index in [9.17, 15) is 0 Å². The van der Waals surface area contributed by atoms with Crippen LogP contribution in [0.25, 0.3) is 5.57 Å². The monoisotopic (exact) mass is 298 g/mol. The Bertz CT molecular complexity index is 783. The lowest BCUT2D eigenvalue weighted by Crippen LogP contribution is -1.97. The molecule has 0 aliphatic carbocycles. The molecule has 3 aromatic carbocycles. The third-order valence-corrected chi connectivity index (χ3v) is 4.12. The van der Waals surface area contributed by atoms with Gasteiger partial charge in [0.25, 0.3) is 0 Å². The SMILES string of the molecule is C=C(C)c1cc(Cc2ccccc2)ccc1Cc1ccccc1. The number of hydrogen-bond acceptors (Lipinski definition) is 0. The number of allylic oxidation sites excluding steroid dienone is 1. The lowest BCUT2D eigenvalue weighted by molar-refractivity contribution is 1.14. The zero-order chi connectivity index (χ0) is 16.1. The van der Waals surface area contributed by atoms with E-state index >= 15 is 0 Å². The molecule has 0 atom stereocenters. The maximum Gasteiger partial charge on any atom is -0.00197 e. The molecule has 0 heterocycles. The van der Waals surface area contributed by atoms with Crippen molar-refractivity contribution in [2.24, 2.45) is 0 Å². The highest BCUT2D eigenvalue weighted by atomic mass is 14.1. The van der Waals surface area contributed by atoms with Gasteiger partial charge in [0.05, 0.1) is 0 Å². The molecule has 23 heavy (non-hydrogen) atoms. The summed E-state index contributed by atoms with van der Waals surface area (Å²) in [4.78, 5) is 0. The maximum atomic E-state index is 4.18. The van der Waals surface area contributed by atoms with Crippen LogP contribution < -0.4 is 0 Å². The van der Waals surface area contributed by atoms with E-state index in [0.29, 0.717) is 0 Å². The first-order valence-corrected chi connectivity index (χ1v) is 8.08. The summed E-state index contributed by atoms with van der Waals surface area (Å²) in [5.74, 6) is 0. The molecular formula is C23H22. The van der Waals surface area contributed by atoms with E-state index in [1.54, 1.807) is 0 Å². The summed E-state index contributed by atoms with van der Waals surface area (Å²) in [6, 6.07) is 28.0. The predicted molar refractivity (Wildman–Crippen MR) is 99.6 cm³/mol. The van der Waals surface area contributed by atoms with Crippen molar-refractivity contribution in [1.29, 1.82) is 0 Å². The maximum absolute atomic E-state index is 4.18. The molecular weight excluding hydrogens is 276 g/mol.